The van der Waals surface area contributed by atoms with E-state index in [2.05, 4.69) is 5.10 Å². The number of amides is 2. The van der Waals surface area contributed by atoms with E-state index in [0.717, 1.165) is 6.42 Å². The number of carbonyl (C=O) groups is 3. The number of benzene rings is 1. The molecule has 2 aliphatic rings. The minimum atomic E-state index is -0.993. The second kappa shape index (κ2) is 7.04. The van der Waals surface area contributed by atoms with Crippen molar-refractivity contribution in [1.29, 1.82) is 0 Å². The van der Waals surface area contributed by atoms with Crippen molar-refractivity contribution in [2.75, 3.05) is 11.6 Å². The number of hydrazone groups is 1. The molecule has 1 aromatic rings. The Morgan fingerprint density at radius 1 is 1.20 bits per heavy atom. The van der Waals surface area contributed by atoms with Gasteiger partial charge in [-0.1, -0.05) is 25.1 Å². The van der Waals surface area contributed by atoms with Crippen LogP contribution in [0.1, 0.15) is 32.6 Å². The largest absolute Gasteiger partial charge is 0.480 e. The lowest BCUT2D eigenvalue weighted by molar-refractivity contribution is -0.150. The number of piperidine rings is 1. The van der Waals surface area contributed by atoms with Gasteiger partial charge >= 0.3 is 5.97 Å². The van der Waals surface area contributed by atoms with Crippen molar-refractivity contribution in [3.8, 4) is 0 Å². The zero-order valence-electron chi connectivity index (χ0n) is 14.1. The molecule has 1 fully saturated rings. The van der Waals surface area contributed by atoms with Crippen molar-refractivity contribution in [2.24, 2.45) is 11.0 Å². The van der Waals surface area contributed by atoms with Crippen molar-refractivity contribution in [2.45, 2.75) is 38.6 Å². The average Bonchev–Trinajstić information content (AvgIpc) is 2.62. The van der Waals surface area contributed by atoms with Gasteiger partial charge in [0, 0.05) is 19.4 Å². The zero-order valence-corrected chi connectivity index (χ0v) is 14.1. The number of rotatable bonds is 3. The molecule has 3 rings (SSSR count). The molecule has 2 atom stereocenters. The lowest BCUT2D eigenvalue weighted by Gasteiger charge is -2.36. The van der Waals surface area contributed by atoms with E-state index in [0.29, 0.717) is 18.7 Å². The molecular weight excluding hydrogens is 322 g/mol. The monoisotopic (exact) mass is 343 g/mol. The van der Waals surface area contributed by atoms with E-state index >= 15 is 0 Å². The fraction of sp³-hybridized carbons (Fsp3) is 0.444. The van der Waals surface area contributed by atoms with Crippen LogP contribution in [0.2, 0.25) is 0 Å². The molecule has 2 heterocycles. The smallest absolute Gasteiger partial charge is 0.326 e. The minimum absolute atomic E-state index is 0.176. The van der Waals surface area contributed by atoms with Gasteiger partial charge in [0.25, 0.3) is 5.91 Å². The Kier molecular flexibility index (Phi) is 4.83. The van der Waals surface area contributed by atoms with Crippen LogP contribution in [0.25, 0.3) is 0 Å². The summed E-state index contributed by atoms with van der Waals surface area (Å²) < 4.78 is 0. The Labute approximate surface area is 145 Å². The zero-order chi connectivity index (χ0) is 18.0. The maximum absolute atomic E-state index is 12.9. The third kappa shape index (κ3) is 3.55. The second-order valence-corrected chi connectivity index (χ2v) is 6.57. The van der Waals surface area contributed by atoms with Gasteiger partial charge in [-0.2, -0.15) is 5.10 Å². The molecule has 7 heteroatoms. The van der Waals surface area contributed by atoms with Gasteiger partial charge in [0.2, 0.25) is 5.91 Å². The van der Waals surface area contributed by atoms with Gasteiger partial charge in [-0.05, 0) is 30.9 Å². The van der Waals surface area contributed by atoms with Crippen molar-refractivity contribution in [3.05, 3.63) is 30.3 Å². The van der Waals surface area contributed by atoms with Crippen molar-refractivity contribution in [1.82, 2.24) is 4.90 Å². The van der Waals surface area contributed by atoms with Gasteiger partial charge in [-0.15, -0.1) is 0 Å². The highest BCUT2D eigenvalue weighted by Crippen LogP contribution is 2.25. The van der Waals surface area contributed by atoms with Gasteiger partial charge in [-0.25, -0.2) is 9.80 Å². The molecule has 1 N–H and O–H groups in total. The van der Waals surface area contributed by atoms with Crippen LogP contribution in [-0.2, 0) is 14.4 Å². The molecule has 0 spiro atoms. The normalized spacial score (nSPS) is 24.0. The Morgan fingerprint density at radius 2 is 1.92 bits per heavy atom. The van der Waals surface area contributed by atoms with E-state index in [1.165, 1.54) is 9.91 Å². The van der Waals surface area contributed by atoms with Gasteiger partial charge in [0.15, 0.2) is 0 Å². The molecule has 2 unspecified atom stereocenters. The quantitative estimate of drug-likeness (QED) is 0.907. The molecule has 0 aliphatic carbocycles. The SMILES string of the molecule is CC1CCN(C(=O)C2=NN(c3ccccc3)C(=O)CC2)C(C(=O)O)C1. The topological polar surface area (TPSA) is 90.3 Å². The maximum Gasteiger partial charge on any atom is 0.326 e. The highest BCUT2D eigenvalue weighted by atomic mass is 16.4. The summed E-state index contributed by atoms with van der Waals surface area (Å²) in [5.41, 5.74) is 0.837. The summed E-state index contributed by atoms with van der Waals surface area (Å²) in [7, 11) is 0. The summed E-state index contributed by atoms with van der Waals surface area (Å²) in [6, 6.07) is 8.08. The molecule has 1 aromatic carbocycles. The first-order valence-electron chi connectivity index (χ1n) is 8.46. The van der Waals surface area contributed by atoms with Crippen molar-refractivity contribution in [3.63, 3.8) is 0 Å². The second-order valence-electron chi connectivity index (χ2n) is 6.57. The van der Waals surface area contributed by atoms with Crippen molar-refractivity contribution < 1.29 is 19.5 Å². The van der Waals surface area contributed by atoms with Crippen LogP contribution in [0.5, 0.6) is 0 Å². The fourth-order valence-electron chi connectivity index (χ4n) is 3.26. The summed E-state index contributed by atoms with van der Waals surface area (Å²) in [5.74, 6) is -1.29. The number of carboxylic acid groups (broad SMARTS) is 1. The van der Waals surface area contributed by atoms with Crippen LogP contribution in [0, 0.1) is 5.92 Å². The first-order chi connectivity index (χ1) is 12.0. The molecule has 7 nitrogen and oxygen atoms in total. The van der Waals surface area contributed by atoms with Crippen LogP contribution in [0.3, 0.4) is 0 Å². The molecule has 0 saturated carbocycles. The number of hydrogen-bond acceptors (Lipinski definition) is 4. The van der Waals surface area contributed by atoms with E-state index in [-0.39, 0.29) is 36.3 Å². The molecule has 0 radical (unpaired) electrons. The van der Waals surface area contributed by atoms with Crippen LogP contribution >= 0.6 is 0 Å². The highest BCUT2D eigenvalue weighted by Gasteiger charge is 2.37. The molecular formula is C18H21N3O4. The molecule has 132 valence electrons. The first-order valence-corrected chi connectivity index (χ1v) is 8.46. The Bertz CT molecular complexity index is 716. The van der Waals surface area contributed by atoms with E-state index in [1.807, 2.05) is 13.0 Å². The van der Waals surface area contributed by atoms with Crippen LogP contribution < -0.4 is 5.01 Å². The standard InChI is InChI=1S/C18H21N3O4/c1-12-9-10-20(15(11-12)18(24)25)17(23)14-7-8-16(22)21(19-14)13-5-3-2-4-6-13/h2-6,12,15H,7-11H2,1H3,(H,24,25). The third-order valence-corrected chi connectivity index (χ3v) is 4.69. The molecule has 2 amide bonds. The van der Waals surface area contributed by atoms with Crippen molar-refractivity contribution >= 4 is 29.2 Å². The summed E-state index contributed by atoms with van der Waals surface area (Å²) in [6.07, 6.45) is 1.63. The van der Waals surface area contributed by atoms with Crippen LogP contribution in [-0.4, -0.2) is 46.1 Å². The van der Waals surface area contributed by atoms with E-state index in [1.54, 1.807) is 24.3 Å². The predicted molar refractivity (Wildman–Crippen MR) is 92.1 cm³/mol. The lowest BCUT2D eigenvalue weighted by atomic mass is 9.92. The maximum atomic E-state index is 12.9. The van der Waals surface area contributed by atoms with E-state index < -0.39 is 12.0 Å². The number of nitrogens with zero attached hydrogens (tertiary/aromatic N) is 3. The number of para-hydroxylation sites is 1. The summed E-state index contributed by atoms with van der Waals surface area (Å²) in [6.45, 7) is 2.39. The summed E-state index contributed by atoms with van der Waals surface area (Å²) in [4.78, 5) is 37.9. The average molecular weight is 343 g/mol. The van der Waals surface area contributed by atoms with Gasteiger partial charge in [0.05, 0.1) is 5.69 Å². The number of anilines is 1. The number of carbonyl (C=O) groups excluding carboxylic acids is 2. The highest BCUT2D eigenvalue weighted by molar-refractivity contribution is 6.40. The van der Waals surface area contributed by atoms with E-state index in [9.17, 15) is 19.5 Å². The Hall–Kier alpha value is -2.70. The van der Waals surface area contributed by atoms with Crippen LogP contribution in [0.4, 0.5) is 5.69 Å². The first kappa shape index (κ1) is 17.1. The lowest BCUT2D eigenvalue weighted by Crippen LogP contribution is -2.53. The molecule has 1 saturated heterocycles. The molecule has 2 aliphatic heterocycles. The summed E-state index contributed by atoms with van der Waals surface area (Å²) in [5, 5.41) is 14.9. The number of aliphatic carboxylic acids is 1. The van der Waals surface area contributed by atoms with E-state index in [4.69, 9.17) is 0 Å². The number of hydrogen-bond donors (Lipinski definition) is 1. The van der Waals surface area contributed by atoms with Gasteiger partial charge < -0.3 is 10.0 Å². The van der Waals surface area contributed by atoms with Gasteiger partial charge in [-0.3, -0.25) is 9.59 Å². The van der Waals surface area contributed by atoms with Crippen LogP contribution in [0.15, 0.2) is 35.4 Å². The molecule has 0 bridgehead atoms. The summed E-state index contributed by atoms with van der Waals surface area (Å²) >= 11 is 0. The minimum Gasteiger partial charge on any atom is -0.480 e. The number of carboxylic acids is 1. The molecule has 0 aromatic heterocycles. The number of likely N-dealkylation sites (tertiary alicyclic amines) is 1. The molecule has 25 heavy (non-hydrogen) atoms. The fourth-order valence-corrected chi connectivity index (χ4v) is 3.26. The van der Waals surface area contributed by atoms with Gasteiger partial charge in [0.1, 0.15) is 11.8 Å². The third-order valence-electron chi connectivity index (χ3n) is 4.69. The Morgan fingerprint density at radius 3 is 2.60 bits per heavy atom. The predicted octanol–water partition coefficient (Wildman–Crippen LogP) is 1.88. The Balaban J connectivity index is 1.85.